The minimum atomic E-state index is 0.898. The summed E-state index contributed by atoms with van der Waals surface area (Å²) in [6.07, 6.45) is 3.92. The number of hydrogen-bond acceptors (Lipinski definition) is 2. The van der Waals surface area contributed by atoms with Crippen molar-refractivity contribution in [1.82, 2.24) is 4.68 Å². The van der Waals surface area contributed by atoms with Crippen molar-refractivity contribution in [3.63, 3.8) is 0 Å². The van der Waals surface area contributed by atoms with Crippen LogP contribution in [0.2, 0.25) is 0 Å². The van der Waals surface area contributed by atoms with Crippen LogP contribution in [0.15, 0.2) is 90.2 Å². The van der Waals surface area contributed by atoms with Gasteiger partial charge in [0.15, 0.2) is 0 Å². The van der Waals surface area contributed by atoms with Gasteiger partial charge in [0.1, 0.15) is 0 Å². The molecular formula is C17H15N3. The molecule has 3 rings (SSSR count). The summed E-state index contributed by atoms with van der Waals surface area (Å²) in [7, 11) is 0. The van der Waals surface area contributed by atoms with Crippen LogP contribution < -0.4 is 10.8 Å². The van der Waals surface area contributed by atoms with Gasteiger partial charge in [-0.2, -0.15) is 0 Å². The van der Waals surface area contributed by atoms with Crippen molar-refractivity contribution < 1.29 is 0 Å². The topological polar surface area (TPSA) is 29.3 Å². The van der Waals surface area contributed by atoms with Gasteiger partial charge in [-0.15, -0.1) is 0 Å². The van der Waals surface area contributed by atoms with E-state index in [-0.39, 0.29) is 0 Å². The molecule has 0 unspecified atom stereocenters. The number of benzene rings is 1. The molecule has 0 saturated carbocycles. The normalized spacial score (nSPS) is 11.3. The molecule has 0 fully saturated rings. The van der Waals surface area contributed by atoms with E-state index in [1.807, 2.05) is 89.9 Å². The third kappa shape index (κ3) is 2.95. The minimum Gasteiger partial charge on any atom is -0.293 e. The lowest BCUT2D eigenvalue weighted by atomic mass is 10.3. The lowest BCUT2D eigenvalue weighted by Crippen LogP contribution is -2.13. The summed E-state index contributed by atoms with van der Waals surface area (Å²) in [5, 5.41) is 0.898. The predicted octanol–water partition coefficient (Wildman–Crippen LogP) is 3.60. The van der Waals surface area contributed by atoms with Crippen molar-refractivity contribution in [1.29, 1.82) is 0 Å². The molecule has 0 aliphatic carbocycles. The summed E-state index contributed by atoms with van der Waals surface area (Å²) in [4.78, 5) is 4.69. The van der Waals surface area contributed by atoms with Crippen molar-refractivity contribution in [3.8, 4) is 0 Å². The monoisotopic (exact) mass is 261 g/mol. The average Bonchev–Trinajstić information content (AvgIpc) is 2.89. The van der Waals surface area contributed by atoms with Gasteiger partial charge in [0.05, 0.1) is 16.7 Å². The molecule has 0 spiro atoms. The molecule has 0 saturated heterocycles. The molecule has 1 heterocycles. The lowest BCUT2D eigenvalue weighted by molar-refractivity contribution is 0.966. The fourth-order valence-corrected chi connectivity index (χ4v) is 1.92. The Hall–Kier alpha value is -2.81. The largest absolute Gasteiger partial charge is 0.293 e. The van der Waals surface area contributed by atoms with Gasteiger partial charge in [0.25, 0.3) is 0 Å². The molecule has 98 valence electrons. The van der Waals surface area contributed by atoms with E-state index in [9.17, 15) is 0 Å². The van der Waals surface area contributed by atoms with Crippen LogP contribution in [0, 0.1) is 0 Å². The van der Waals surface area contributed by atoms with Crippen LogP contribution in [0.3, 0.4) is 0 Å². The molecule has 1 N–H and O–H groups in total. The zero-order valence-corrected chi connectivity index (χ0v) is 11.0. The molecule has 3 nitrogen and oxygen atoms in total. The number of aromatic nitrogens is 1. The van der Waals surface area contributed by atoms with E-state index >= 15 is 0 Å². The Kier molecular flexibility index (Phi) is 3.60. The van der Waals surface area contributed by atoms with E-state index in [1.165, 1.54) is 0 Å². The van der Waals surface area contributed by atoms with E-state index in [0.29, 0.717) is 0 Å². The van der Waals surface area contributed by atoms with E-state index < -0.39 is 0 Å². The highest BCUT2D eigenvalue weighted by Gasteiger charge is 1.95. The maximum Gasteiger partial charge on any atom is 0.0886 e. The fraction of sp³-hybridized carbons (Fsp3) is 0. The average molecular weight is 261 g/mol. The van der Waals surface area contributed by atoms with Gasteiger partial charge in [0, 0.05) is 12.4 Å². The van der Waals surface area contributed by atoms with Crippen molar-refractivity contribution in [2.24, 2.45) is 4.99 Å². The Morgan fingerprint density at radius 1 is 0.700 bits per heavy atom. The summed E-state index contributed by atoms with van der Waals surface area (Å²) in [5.41, 5.74) is 5.21. The Balaban J connectivity index is 2.06. The maximum atomic E-state index is 4.69. The number of rotatable bonds is 3. The number of nitrogens with one attached hydrogen (secondary N) is 1. The number of anilines is 1. The maximum absolute atomic E-state index is 4.69. The van der Waals surface area contributed by atoms with Crippen LogP contribution in [0.4, 0.5) is 11.4 Å². The number of para-hydroxylation sites is 1. The predicted molar refractivity (Wildman–Crippen MR) is 81.6 cm³/mol. The quantitative estimate of drug-likeness (QED) is 0.767. The van der Waals surface area contributed by atoms with Gasteiger partial charge >= 0.3 is 0 Å². The number of hydrogen-bond donors (Lipinski definition) is 1. The second-order valence-corrected chi connectivity index (χ2v) is 4.36. The van der Waals surface area contributed by atoms with Gasteiger partial charge < -0.3 is 0 Å². The van der Waals surface area contributed by atoms with E-state index in [0.717, 1.165) is 16.7 Å². The Labute approximate surface area is 117 Å². The van der Waals surface area contributed by atoms with Crippen molar-refractivity contribution in [3.05, 3.63) is 90.5 Å². The fourth-order valence-electron chi connectivity index (χ4n) is 1.92. The molecule has 2 aromatic carbocycles. The van der Waals surface area contributed by atoms with Crippen LogP contribution in [0.5, 0.6) is 0 Å². The van der Waals surface area contributed by atoms with Gasteiger partial charge in [-0.05, 0) is 36.4 Å². The molecule has 1 aromatic heterocycles. The van der Waals surface area contributed by atoms with Gasteiger partial charge in [0.2, 0.25) is 0 Å². The van der Waals surface area contributed by atoms with Gasteiger partial charge in [-0.3, -0.25) is 10.1 Å². The summed E-state index contributed by atoms with van der Waals surface area (Å²) < 4.78 is 1.90. The first kappa shape index (κ1) is 12.2. The summed E-state index contributed by atoms with van der Waals surface area (Å²) in [6.45, 7) is 0. The number of nitrogens with zero attached hydrogens (tertiary/aromatic N) is 2. The molecule has 0 amide bonds. The standard InChI is InChI=1S/C17H15N3/c1-3-9-15(10-4-1)18-16-11-5-2-6-12-17(16)19-20-13-7-8-14-20/h1-14H,(H,18,19). The third-order valence-corrected chi connectivity index (χ3v) is 2.87. The first-order chi connectivity index (χ1) is 9.92. The zero-order valence-electron chi connectivity index (χ0n) is 11.0. The van der Waals surface area contributed by atoms with Gasteiger partial charge in [-0.25, -0.2) is 4.99 Å². The molecule has 20 heavy (non-hydrogen) atoms. The molecular weight excluding hydrogens is 246 g/mol. The van der Waals surface area contributed by atoms with Crippen LogP contribution in [-0.4, -0.2) is 4.68 Å². The second kappa shape index (κ2) is 5.89. The molecule has 0 bridgehead atoms. The van der Waals surface area contributed by atoms with E-state index in [2.05, 4.69) is 10.4 Å². The van der Waals surface area contributed by atoms with Crippen molar-refractivity contribution in [2.45, 2.75) is 0 Å². The van der Waals surface area contributed by atoms with Crippen LogP contribution in [0.1, 0.15) is 0 Å². The minimum absolute atomic E-state index is 0.898. The first-order valence-corrected chi connectivity index (χ1v) is 6.51. The van der Waals surface area contributed by atoms with Crippen LogP contribution >= 0.6 is 0 Å². The summed E-state index contributed by atoms with van der Waals surface area (Å²) in [5.74, 6) is 0. The molecule has 0 atom stereocenters. The lowest BCUT2D eigenvalue weighted by Gasteiger charge is -2.06. The first-order valence-electron chi connectivity index (χ1n) is 6.51. The molecule has 0 aliphatic heterocycles. The Morgan fingerprint density at radius 2 is 1.35 bits per heavy atom. The van der Waals surface area contributed by atoms with E-state index in [4.69, 9.17) is 0 Å². The van der Waals surface area contributed by atoms with E-state index in [1.54, 1.807) is 0 Å². The highest BCUT2D eigenvalue weighted by Crippen LogP contribution is 2.09. The van der Waals surface area contributed by atoms with Crippen molar-refractivity contribution in [2.75, 3.05) is 5.43 Å². The molecule has 0 radical (unpaired) electrons. The van der Waals surface area contributed by atoms with Gasteiger partial charge in [-0.1, -0.05) is 36.4 Å². The molecule has 3 heteroatoms. The SMILES string of the molecule is c1ccc(N=c2cccccc2Nn2cccc2)cc1. The second-order valence-electron chi connectivity index (χ2n) is 4.36. The highest BCUT2D eigenvalue weighted by atomic mass is 15.4. The zero-order chi connectivity index (χ0) is 13.6. The summed E-state index contributed by atoms with van der Waals surface area (Å²) in [6, 6.07) is 23.9. The molecule has 0 aliphatic rings. The smallest absolute Gasteiger partial charge is 0.0886 e. The van der Waals surface area contributed by atoms with Crippen LogP contribution in [0.25, 0.3) is 0 Å². The Morgan fingerprint density at radius 3 is 2.10 bits per heavy atom. The molecule has 3 aromatic rings. The third-order valence-electron chi connectivity index (χ3n) is 2.87. The Bertz CT molecular complexity index is 731. The highest BCUT2D eigenvalue weighted by molar-refractivity contribution is 5.44. The summed E-state index contributed by atoms with van der Waals surface area (Å²) >= 11 is 0. The van der Waals surface area contributed by atoms with Crippen molar-refractivity contribution >= 4 is 11.4 Å². The van der Waals surface area contributed by atoms with Crippen LogP contribution in [-0.2, 0) is 0 Å².